The first kappa shape index (κ1) is 14.8. The average Bonchev–Trinajstić information content (AvgIpc) is 2.42. The molecule has 0 heterocycles. The van der Waals surface area contributed by atoms with Gasteiger partial charge < -0.3 is 4.74 Å². The van der Waals surface area contributed by atoms with E-state index in [2.05, 4.69) is 5.73 Å². The highest BCUT2D eigenvalue weighted by molar-refractivity contribution is 5.93. The largest absolute Gasteiger partial charge is 0.449 e. The highest BCUT2D eigenvalue weighted by Crippen LogP contribution is 2.17. The van der Waals surface area contributed by atoms with Gasteiger partial charge in [0.2, 0.25) is 11.8 Å². The van der Waals surface area contributed by atoms with E-state index in [0.29, 0.717) is 5.76 Å². The Kier molecular flexibility index (Phi) is 4.41. The SMILES string of the molecule is CC(=O)N(C(C)=O)C1C=C=C(Oc2ccc(C)cc2)C=C1. The molecule has 4 nitrogen and oxygen atoms in total. The third kappa shape index (κ3) is 3.71. The van der Waals surface area contributed by atoms with Crippen molar-refractivity contribution in [3.8, 4) is 5.75 Å². The van der Waals surface area contributed by atoms with Crippen LogP contribution in [0.4, 0.5) is 0 Å². The van der Waals surface area contributed by atoms with Gasteiger partial charge in [0.1, 0.15) is 5.75 Å². The molecule has 0 aliphatic heterocycles. The third-order valence-corrected chi connectivity index (χ3v) is 3.07. The summed E-state index contributed by atoms with van der Waals surface area (Å²) in [4.78, 5) is 24.1. The van der Waals surface area contributed by atoms with Crippen molar-refractivity contribution in [2.45, 2.75) is 26.8 Å². The number of aryl methyl sites for hydroxylation is 1. The van der Waals surface area contributed by atoms with E-state index in [1.54, 1.807) is 18.2 Å². The molecular formula is C17H17NO3. The molecule has 2 rings (SSSR count). The fraction of sp³-hybridized carbons (Fsp3) is 0.235. The number of benzene rings is 1. The van der Waals surface area contributed by atoms with Gasteiger partial charge >= 0.3 is 0 Å². The van der Waals surface area contributed by atoms with Crippen molar-refractivity contribution in [2.24, 2.45) is 0 Å². The summed E-state index contributed by atoms with van der Waals surface area (Å²) in [5.41, 5.74) is 4.12. The zero-order chi connectivity index (χ0) is 15.4. The lowest BCUT2D eigenvalue weighted by Gasteiger charge is -2.23. The molecule has 0 N–H and O–H groups in total. The lowest BCUT2D eigenvalue weighted by Crippen LogP contribution is -2.40. The van der Waals surface area contributed by atoms with Crippen LogP contribution < -0.4 is 4.74 Å². The predicted molar refractivity (Wildman–Crippen MR) is 79.5 cm³/mol. The summed E-state index contributed by atoms with van der Waals surface area (Å²) in [5.74, 6) is 0.674. The van der Waals surface area contributed by atoms with Crippen LogP contribution in [-0.2, 0) is 9.59 Å². The van der Waals surface area contributed by atoms with Gasteiger partial charge in [-0.25, -0.2) is 0 Å². The number of rotatable bonds is 3. The Labute approximate surface area is 124 Å². The number of ether oxygens (including phenoxy) is 1. The zero-order valence-electron chi connectivity index (χ0n) is 12.3. The quantitative estimate of drug-likeness (QED) is 0.801. The molecule has 4 heteroatoms. The van der Waals surface area contributed by atoms with E-state index >= 15 is 0 Å². The van der Waals surface area contributed by atoms with Crippen molar-refractivity contribution < 1.29 is 14.3 Å². The second kappa shape index (κ2) is 6.25. The van der Waals surface area contributed by atoms with Crippen LogP contribution >= 0.6 is 0 Å². The van der Waals surface area contributed by atoms with Gasteiger partial charge in [0, 0.05) is 13.8 Å². The van der Waals surface area contributed by atoms with E-state index in [1.807, 2.05) is 31.2 Å². The van der Waals surface area contributed by atoms with Crippen LogP contribution in [0, 0.1) is 6.92 Å². The van der Waals surface area contributed by atoms with Crippen LogP contribution in [0.15, 0.2) is 54.0 Å². The van der Waals surface area contributed by atoms with Gasteiger partial charge in [0.25, 0.3) is 0 Å². The number of hydrogen-bond donors (Lipinski definition) is 0. The maximum absolute atomic E-state index is 11.5. The molecule has 0 aromatic heterocycles. The summed E-state index contributed by atoms with van der Waals surface area (Å²) in [5, 5.41) is 0. The van der Waals surface area contributed by atoms with E-state index in [9.17, 15) is 9.59 Å². The molecule has 1 unspecified atom stereocenters. The molecule has 2 amide bonds. The standard InChI is InChI=1S/C17H17NO3/c1-12-4-8-16(9-5-12)21-17-10-6-15(7-11-17)18(13(2)19)14(3)20/h4-10,15H,1-3H3. The molecule has 108 valence electrons. The summed E-state index contributed by atoms with van der Waals surface area (Å²) in [6, 6.07) is 7.26. The van der Waals surface area contributed by atoms with Crippen LogP contribution in [0.3, 0.4) is 0 Å². The first-order chi connectivity index (χ1) is 9.97. The van der Waals surface area contributed by atoms with E-state index < -0.39 is 6.04 Å². The second-order valence-corrected chi connectivity index (χ2v) is 4.85. The molecule has 0 fully saturated rings. The number of nitrogens with zero attached hydrogens (tertiary/aromatic N) is 1. The van der Waals surface area contributed by atoms with E-state index in [-0.39, 0.29) is 11.8 Å². The van der Waals surface area contributed by atoms with Gasteiger partial charge in [-0.2, -0.15) is 0 Å². The highest BCUT2D eigenvalue weighted by atomic mass is 16.5. The van der Waals surface area contributed by atoms with Crippen molar-refractivity contribution in [3.63, 3.8) is 0 Å². The Morgan fingerprint density at radius 2 is 1.76 bits per heavy atom. The van der Waals surface area contributed by atoms with Crippen LogP contribution in [0.1, 0.15) is 19.4 Å². The minimum absolute atomic E-state index is 0.293. The number of amides is 2. The number of hydrogen-bond acceptors (Lipinski definition) is 3. The molecule has 0 spiro atoms. The normalized spacial score (nSPS) is 16.3. The predicted octanol–water partition coefficient (Wildman–Crippen LogP) is 2.75. The fourth-order valence-corrected chi connectivity index (χ4v) is 2.06. The topological polar surface area (TPSA) is 46.6 Å². The van der Waals surface area contributed by atoms with Crippen LogP contribution in [0.5, 0.6) is 5.75 Å². The van der Waals surface area contributed by atoms with Gasteiger partial charge in [0.15, 0.2) is 5.76 Å². The minimum atomic E-state index is -0.412. The first-order valence-corrected chi connectivity index (χ1v) is 6.67. The molecule has 0 radical (unpaired) electrons. The Morgan fingerprint density at radius 3 is 2.24 bits per heavy atom. The maximum Gasteiger partial charge on any atom is 0.226 e. The molecule has 0 saturated heterocycles. The maximum atomic E-state index is 11.5. The van der Waals surface area contributed by atoms with Crippen LogP contribution in [0.2, 0.25) is 0 Å². The smallest absolute Gasteiger partial charge is 0.226 e. The van der Waals surface area contributed by atoms with Crippen LogP contribution in [0.25, 0.3) is 0 Å². The fourth-order valence-electron chi connectivity index (χ4n) is 2.06. The van der Waals surface area contributed by atoms with Gasteiger partial charge in [0.05, 0.1) is 6.04 Å². The summed E-state index contributed by atoms with van der Waals surface area (Å²) in [6.45, 7) is 4.74. The van der Waals surface area contributed by atoms with Crippen molar-refractivity contribution in [1.29, 1.82) is 0 Å². The molecule has 0 saturated carbocycles. The van der Waals surface area contributed by atoms with Crippen molar-refractivity contribution in [2.75, 3.05) is 0 Å². The Balaban J connectivity index is 2.14. The average molecular weight is 283 g/mol. The third-order valence-electron chi connectivity index (χ3n) is 3.07. The zero-order valence-corrected chi connectivity index (χ0v) is 12.3. The molecule has 1 atom stereocenters. The lowest BCUT2D eigenvalue weighted by atomic mass is 10.1. The second-order valence-electron chi connectivity index (χ2n) is 4.85. The van der Waals surface area contributed by atoms with Crippen molar-refractivity contribution >= 4 is 11.8 Å². The molecule has 1 aromatic carbocycles. The highest BCUT2D eigenvalue weighted by Gasteiger charge is 2.21. The molecule has 0 bridgehead atoms. The summed E-state index contributed by atoms with van der Waals surface area (Å²) < 4.78 is 5.66. The number of imide groups is 1. The Morgan fingerprint density at radius 1 is 1.14 bits per heavy atom. The molecule has 21 heavy (non-hydrogen) atoms. The minimum Gasteiger partial charge on any atom is -0.449 e. The monoisotopic (exact) mass is 283 g/mol. The molecular weight excluding hydrogens is 266 g/mol. The van der Waals surface area contributed by atoms with Gasteiger partial charge in [-0.1, -0.05) is 29.5 Å². The number of carbonyl (C=O) groups is 2. The Bertz CT molecular complexity index is 635. The van der Waals surface area contributed by atoms with Gasteiger partial charge in [-0.3, -0.25) is 14.5 Å². The first-order valence-electron chi connectivity index (χ1n) is 6.67. The summed E-state index contributed by atoms with van der Waals surface area (Å²) in [7, 11) is 0. The molecule has 1 aromatic rings. The van der Waals surface area contributed by atoms with Crippen molar-refractivity contribution in [3.05, 3.63) is 59.5 Å². The van der Waals surface area contributed by atoms with Crippen LogP contribution in [-0.4, -0.2) is 22.8 Å². The summed E-state index contributed by atoms with van der Waals surface area (Å²) in [6.07, 6.45) is 5.10. The van der Waals surface area contributed by atoms with Crippen molar-refractivity contribution in [1.82, 2.24) is 4.90 Å². The summed E-state index contributed by atoms with van der Waals surface area (Å²) >= 11 is 0. The molecule has 1 aliphatic rings. The lowest BCUT2D eigenvalue weighted by molar-refractivity contribution is -0.142. The van der Waals surface area contributed by atoms with E-state index in [0.717, 1.165) is 11.3 Å². The molecule has 1 aliphatic carbocycles. The van der Waals surface area contributed by atoms with E-state index in [4.69, 9.17) is 4.74 Å². The van der Waals surface area contributed by atoms with E-state index in [1.165, 1.54) is 18.7 Å². The number of carbonyl (C=O) groups excluding carboxylic acids is 2. The van der Waals surface area contributed by atoms with Gasteiger partial charge in [-0.05, 0) is 31.2 Å². The van der Waals surface area contributed by atoms with Gasteiger partial charge in [-0.15, -0.1) is 0 Å². The Hall–Kier alpha value is -2.58.